The van der Waals surface area contributed by atoms with Crippen LogP contribution in [0.1, 0.15) is 36.9 Å². The highest BCUT2D eigenvalue weighted by Gasteiger charge is 2.49. The van der Waals surface area contributed by atoms with Crippen molar-refractivity contribution in [3.8, 4) is 6.01 Å². The van der Waals surface area contributed by atoms with Crippen LogP contribution in [0.25, 0.3) is 10.8 Å². The molecule has 9 nitrogen and oxygen atoms in total. The van der Waals surface area contributed by atoms with Crippen molar-refractivity contribution in [2.45, 2.75) is 56.4 Å². The molecule has 48 heavy (non-hydrogen) atoms. The summed E-state index contributed by atoms with van der Waals surface area (Å²) < 4.78 is 35.6. The maximum Gasteiger partial charge on any atom is 0.318 e. The number of fused-ring (bicyclic) bond motifs is 3. The van der Waals surface area contributed by atoms with Crippen LogP contribution >= 0.6 is 11.6 Å². The molecule has 5 heterocycles. The van der Waals surface area contributed by atoms with Gasteiger partial charge >= 0.3 is 6.01 Å². The molecule has 0 saturated carbocycles. The van der Waals surface area contributed by atoms with Crippen molar-refractivity contribution in [3.63, 3.8) is 0 Å². The Morgan fingerprint density at radius 2 is 2.00 bits per heavy atom. The van der Waals surface area contributed by atoms with Gasteiger partial charge in [0.05, 0.1) is 22.8 Å². The van der Waals surface area contributed by atoms with E-state index in [1.807, 2.05) is 55.2 Å². The number of alkyl halides is 1. The number of rotatable bonds is 9. The first-order valence-corrected chi connectivity index (χ1v) is 17.4. The summed E-state index contributed by atoms with van der Waals surface area (Å²) in [5.41, 5.74) is 2.41. The zero-order valence-electron chi connectivity index (χ0n) is 28.0. The molecule has 7 rings (SSSR count). The Bertz CT molecular complexity index is 1720. The van der Waals surface area contributed by atoms with E-state index in [9.17, 15) is 13.6 Å². The van der Waals surface area contributed by atoms with Crippen molar-refractivity contribution in [1.29, 1.82) is 0 Å². The molecular weight excluding hydrogens is 636 g/mol. The number of carbonyl (C=O) groups is 1. The number of carbonyl (C=O) groups excluding carboxylic acids is 1. The van der Waals surface area contributed by atoms with Crippen molar-refractivity contribution < 1.29 is 18.3 Å². The number of likely N-dealkylation sites (N-methyl/N-ethyl adjacent to an activating group) is 2. The highest BCUT2D eigenvalue weighted by atomic mass is 35.5. The number of halogens is 3. The number of hydrogen-bond acceptors (Lipinski definition) is 8. The number of nitrogens with zero attached hydrogens (tertiary/aromatic N) is 7. The van der Waals surface area contributed by atoms with Crippen LogP contribution in [0.5, 0.6) is 6.01 Å². The summed E-state index contributed by atoms with van der Waals surface area (Å²) >= 11 is 6.53. The second kappa shape index (κ2) is 13.4. The van der Waals surface area contributed by atoms with Crippen LogP contribution in [0.3, 0.4) is 0 Å². The van der Waals surface area contributed by atoms with Crippen LogP contribution < -0.4 is 14.5 Å². The molecule has 0 spiro atoms. The fourth-order valence-electron chi connectivity index (χ4n) is 8.05. The van der Waals surface area contributed by atoms with Gasteiger partial charge in [0.15, 0.2) is 0 Å². The minimum Gasteiger partial charge on any atom is -0.461 e. The van der Waals surface area contributed by atoms with E-state index in [2.05, 4.69) is 14.7 Å². The summed E-state index contributed by atoms with van der Waals surface area (Å²) in [4.78, 5) is 33.4. The van der Waals surface area contributed by atoms with Gasteiger partial charge in [0.1, 0.15) is 24.4 Å². The summed E-state index contributed by atoms with van der Waals surface area (Å²) in [5.74, 6) is 0.371. The van der Waals surface area contributed by atoms with Crippen molar-refractivity contribution >= 4 is 39.8 Å². The van der Waals surface area contributed by atoms with E-state index in [1.165, 1.54) is 6.07 Å². The van der Waals surface area contributed by atoms with Gasteiger partial charge in [-0.1, -0.05) is 35.9 Å². The first-order valence-electron chi connectivity index (χ1n) is 17.0. The molecule has 3 aromatic rings. The maximum absolute atomic E-state index is 14.6. The van der Waals surface area contributed by atoms with Crippen LogP contribution in [0.15, 0.2) is 42.5 Å². The van der Waals surface area contributed by atoms with Crippen LogP contribution in [0, 0.1) is 5.82 Å². The summed E-state index contributed by atoms with van der Waals surface area (Å²) in [6.07, 6.45) is 6.59. The lowest BCUT2D eigenvalue weighted by Gasteiger charge is -2.35. The molecular formula is C36H44ClF2N7O2. The largest absolute Gasteiger partial charge is 0.461 e. The lowest BCUT2D eigenvalue weighted by Crippen LogP contribution is -2.44. The Morgan fingerprint density at radius 1 is 1.15 bits per heavy atom. The second-order valence-electron chi connectivity index (χ2n) is 14.0. The van der Waals surface area contributed by atoms with E-state index in [-0.39, 0.29) is 28.5 Å². The molecule has 1 amide bonds. The average molecular weight is 680 g/mol. The standard InChI is InChI=1S/C36H44ClF2N7O2/c1-42(2)15-5-9-31(47)45-17-12-26(21-45)43(3)34-27-13-18-44(30-8-4-7-24-10-11-28(39)33(37)32(24)30)22-29(27)40-35(41-34)48-23-36-14-6-16-46(36)20-25(38)19-36/h4-5,7-11,25-26H,6,12-23H2,1-3H3/b9-5+/t25-,26-,36+/m1/s1. The summed E-state index contributed by atoms with van der Waals surface area (Å²) in [6.45, 7) is 4.79. The van der Waals surface area contributed by atoms with E-state index < -0.39 is 12.0 Å². The second-order valence-corrected chi connectivity index (χ2v) is 14.4. The number of amides is 1. The third-order valence-corrected chi connectivity index (χ3v) is 11.0. The Labute approximate surface area is 286 Å². The molecule has 4 aliphatic rings. The Morgan fingerprint density at radius 3 is 2.83 bits per heavy atom. The van der Waals surface area contributed by atoms with E-state index in [0.717, 1.165) is 54.0 Å². The van der Waals surface area contributed by atoms with Gasteiger partial charge < -0.3 is 24.3 Å². The molecule has 0 radical (unpaired) electrons. The summed E-state index contributed by atoms with van der Waals surface area (Å²) in [5, 5.41) is 1.67. The first kappa shape index (κ1) is 33.0. The van der Waals surface area contributed by atoms with Gasteiger partial charge in [-0.2, -0.15) is 9.97 Å². The Balaban J connectivity index is 1.18. The van der Waals surface area contributed by atoms with Crippen LogP contribution in [0.2, 0.25) is 5.02 Å². The number of ether oxygens (including phenoxy) is 1. The molecule has 3 atom stereocenters. The van der Waals surface area contributed by atoms with Crippen molar-refractivity contribution in [2.75, 3.05) is 76.8 Å². The minimum atomic E-state index is -0.850. The quantitative estimate of drug-likeness (QED) is 0.290. The molecule has 3 saturated heterocycles. The van der Waals surface area contributed by atoms with Crippen LogP contribution in [-0.2, 0) is 17.8 Å². The average Bonchev–Trinajstić information content (AvgIpc) is 3.79. The molecule has 0 unspecified atom stereocenters. The van der Waals surface area contributed by atoms with Gasteiger partial charge in [-0.15, -0.1) is 0 Å². The van der Waals surface area contributed by atoms with Gasteiger partial charge in [0.2, 0.25) is 5.91 Å². The topological polar surface area (TPSA) is 68.3 Å². The third kappa shape index (κ3) is 6.32. The van der Waals surface area contributed by atoms with E-state index >= 15 is 0 Å². The Hall–Kier alpha value is -3.54. The Kier molecular flexibility index (Phi) is 9.21. The molecule has 0 aliphatic carbocycles. The summed E-state index contributed by atoms with van der Waals surface area (Å²) in [7, 11) is 5.98. The molecule has 0 N–H and O–H groups in total. The van der Waals surface area contributed by atoms with Gasteiger partial charge in [-0.3, -0.25) is 9.69 Å². The van der Waals surface area contributed by atoms with E-state index in [4.69, 9.17) is 26.3 Å². The SMILES string of the molecule is CN(C)C/C=C/C(=O)N1CC[C@@H](N(C)c2nc(OC[C@@]34CCCN3C[C@H](F)C4)nc3c2CCN(c2cccc4ccc(F)c(Cl)c24)C3)C1. The third-order valence-electron chi connectivity index (χ3n) is 10.6. The fraction of sp³-hybridized carbons (Fsp3) is 0.528. The molecule has 256 valence electrons. The number of hydrogen-bond donors (Lipinski definition) is 0. The lowest BCUT2D eigenvalue weighted by molar-refractivity contribution is -0.125. The predicted molar refractivity (Wildman–Crippen MR) is 185 cm³/mol. The van der Waals surface area contributed by atoms with Crippen LogP contribution in [0.4, 0.5) is 20.3 Å². The molecule has 2 aromatic carbocycles. The van der Waals surface area contributed by atoms with Gasteiger partial charge in [0, 0.05) is 74.9 Å². The normalized spacial score (nSPS) is 24.2. The highest BCUT2D eigenvalue weighted by Crippen LogP contribution is 2.41. The van der Waals surface area contributed by atoms with Crippen LogP contribution in [-0.4, -0.2) is 115 Å². The lowest BCUT2D eigenvalue weighted by atomic mass is 9.95. The molecule has 12 heteroatoms. The zero-order valence-corrected chi connectivity index (χ0v) is 28.7. The first-order chi connectivity index (χ1) is 23.1. The van der Waals surface area contributed by atoms with E-state index in [1.54, 1.807) is 12.1 Å². The monoisotopic (exact) mass is 679 g/mol. The van der Waals surface area contributed by atoms with Gasteiger partial charge in [-0.05, 0) is 63.8 Å². The number of aromatic nitrogens is 2. The zero-order chi connectivity index (χ0) is 33.6. The predicted octanol–water partition coefficient (Wildman–Crippen LogP) is 5.10. The maximum atomic E-state index is 14.6. The molecule has 3 fully saturated rings. The highest BCUT2D eigenvalue weighted by molar-refractivity contribution is 6.36. The van der Waals surface area contributed by atoms with Gasteiger partial charge in [0.25, 0.3) is 0 Å². The molecule has 1 aromatic heterocycles. The van der Waals surface area contributed by atoms with Crippen molar-refractivity contribution in [2.24, 2.45) is 0 Å². The fourth-order valence-corrected chi connectivity index (χ4v) is 8.32. The van der Waals surface area contributed by atoms with E-state index in [0.29, 0.717) is 64.1 Å². The number of anilines is 2. The number of likely N-dealkylation sites (tertiary alicyclic amines) is 1. The minimum absolute atomic E-state index is 0.0189. The molecule has 0 bridgehead atoms. The van der Waals surface area contributed by atoms with Crippen molar-refractivity contribution in [3.05, 3.63) is 64.6 Å². The van der Waals surface area contributed by atoms with Crippen molar-refractivity contribution in [1.82, 2.24) is 24.7 Å². The summed E-state index contributed by atoms with van der Waals surface area (Å²) in [6, 6.07) is 9.38. The smallest absolute Gasteiger partial charge is 0.318 e. The number of benzene rings is 2. The molecule has 4 aliphatic heterocycles. The van der Waals surface area contributed by atoms with Gasteiger partial charge in [-0.25, -0.2) is 8.78 Å².